The van der Waals surface area contributed by atoms with Crippen molar-refractivity contribution in [1.82, 2.24) is 5.48 Å². The second kappa shape index (κ2) is 8.54. The van der Waals surface area contributed by atoms with E-state index in [4.69, 9.17) is 22.4 Å². The third-order valence-electron chi connectivity index (χ3n) is 1.41. The SMILES string of the molecule is Cl.NC(N)=NCCC[C@@H](N)C(=O)NO. The van der Waals surface area contributed by atoms with E-state index in [1.807, 2.05) is 0 Å². The van der Waals surface area contributed by atoms with Gasteiger partial charge in [0.05, 0.1) is 6.04 Å². The Labute approximate surface area is 88.1 Å². The number of hydrogen-bond acceptors (Lipinski definition) is 4. The van der Waals surface area contributed by atoms with Crippen molar-refractivity contribution in [3.05, 3.63) is 0 Å². The molecule has 7 nitrogen and oxygen atoms in total. The van der Waals surface area contributed by atoms with Crippen LogP contribution in [0.5, 0.6) is 0 Å². The van der Waals surface area contributed by atoms with Crippen LogP contribution in [-0.4, -0.2) is 29.7 Å². The molecule has 8 N–H and O–H groups in total. The molecule has 0 aromatic heterocycles. The number of hydrogen-bond donors (Lipinski definition) is 5. The highest BCUT2D eigenvalue weighted by Crippen LogP contribution is 1.94. The number of guanidine groups is 1. The summed E-state index contributed by atoms with van der Waals surface area (Å²) in [5, 5.41) is 8.20. The molecule has 0 bridgehead atoms. The number of carbonyl (C=O) groups is 1. The van der Waals surface area contributed by atoms with Gasteiger partial charge in [0, 0.05) is 6.54 Å². The van der Waals surface area contributed by atoms with Crippen molar-refractivity contribution in [1.29, 1.82) is 0 Å². The summed E-state index contributed by atoms with van der Waals surface area (Å²) in [5.41, 5.74) is 17.0. The molecule has 0 unspecified atom stereocenters. The molecule has 0 saturated carbocycles. The molecule has 0 heterocycles. The molecular formula is C6H16ClN5O2. The van der Waals surface area contributed by atoms with Gasteiger partial charge in [-0.05, 0) is 12.8 Å². The summed E-state index contributed by atoms with van der Waals surface area (Å²) >= 11 is 0. The maximum Gasteiger partial charge on any atom is 0.260 e. The maximum absolute atomic E-state index is 10.7. The van der Waals surface area contributed by atoms with Crippen LogP contribution >= 0.6 is 12.4 Å². The van der Waals surface area contributed by atoms with Gasteiger partial charge in [0.2, 0.25) is 0 Å². The fourth-order valence-corrected chi connectivity index (χ4v) is 0.733. The van der Waals surface area contributed by atoms with E-state index in [1.54, 1.807) is 0 Å². The summed E-state index contributed by atoms with van der Waals surface area (Å²) in [5.74, 6) is -0.593. The second-order valence-corrected chi connectivity index (χ2v) is 2.53. The van der Waals surface area contributed by atoms with Gasteiger partial charge in [-0.3, -0.25) is 15.0 Å². The van der Waals surface area contributed by atoms with Crippen LogP contribution in [0.25, 0.3) is 0 Å². The Morgan fingerprint density at radius 2 is 2.07 bits per heavy atom. The van der Waals surface area contributed by atoms with E-state index in [1.165, 1.54) is 5.48 Å². The van der Waals surface area contributed by atoms with E-state index in [9.17, 15) is 4.79 Å². The molecule has 0 aromatic carbocycles. The summed E-state index contributed by atoms with van der Waals surface area (Å²) in [4.78, 5) is 14.4. The van der Waals surface area contributed by atoms with E-state index in [-0.39, 0.29) is 18.4 Å². The van der Waals surface area contributed by atoms with Crippen LogP contribution in [0.1, 0.15) is 12.8 Å². The van der Waals surface area contributed by atoms with Gasteiger partial charge in [0.15, 0.2) is 5.96 Å². The average molecular weight is 226 g/mol. The lowest BCUT2D eigenvalue weighted by atomic mass is 10.1. The highest BCUT2D eigenvalue weighted by molar-refractivity contribution is 5.85. The second-order valence-electron chi connectivity index (χ2n) is 2.53. The normalized spacial score (nSPS) is 11.0. The van der Waals surface area contributed by atoms with Gasteiger partial charge >= 0.3 is 0 Å². The van der Waals surface area contributed by atoms with Gasteiger partial charge in [0.1, 0.15) is 0 Å². The number of hydroxylamine groups is 1. The van der Waals surface area contributed by atoms with Gasteiger partial charge in [-0.2, -0.15) is 0 Å². The molecule has 1 amide bonds. The van der Waals surface area contributed by atoms with Crippen molar-refractivity contribution in [2.24, 2.45) is 22.2 Å². The number of nitrogens with one attached hydrogen (secondary N) is 1. The zero-order valence-electron chi connectivity index (χ0n) is 7.64. The monoisotopic (exact) mass is 225 g/mol. The first kappa shape index (κ1) is 15.4. The first-order chi connectivity index (χ1) is 6.07. The number of aliphatic imine (C=N–C) groups is 1. The standard InChI is InChI=1S/C6H15N5O2.ClH/c7-4(5(12)11-13)2-1-3-10-6(8)9;/h4,13H,1-3,7H2,(H,11,12)(H4,8,9,10);1H/t4-;/m1./s1. The van der Waals surface area contributed by atoms with Gasteiger partial charge in [-0.1, -0.05) is 0 Å². The van der Waals surface area contributed by atoms with Gasteiger partial charge in [0.25, 0.3) is 5.91 Å². The summed E-state index contributed by atoms with van der Waals surface area (Å²) in [6.45, 7) is 0.425. The zero-order valence-corrected chi connectivity index (χ0v) is 8.46. The van der Waals surface area contributed by atoms with E-state index in [0.29, 0.717) is 19.4 Å². The van der Waals surface area contributed by atoms with Crippen molar-refractivity contribution in [3.8, 4) is 0 Å². The Morgan fingerprint density at radius 1 is 1.50 bits per heavy atom. The highest BCUT2D eigenvalue weighted by atomic mass is 35.5. The molecule has 0 aliphatic rings. The van der Waals surface area contributed by atoms with E-state index < -0.39 is 11.9 Å². The maximum atomic E-state index is 10.7. The molecule has 1 atom stereocenters. The van der Waals surface area contributed by atoms with Gasteiger partial charge in [-0.25, -0.2) is 5.48 Å². The number of halogens is 1. The minimum Gasteiger partial charge on any atom is -0.370 e. The largest absolute Gasteiger partial charge is 0.370 e. The van der Waals surface area contributed by atoms with E-state index in [0.717, 1.165) is 0 Å². The number of nitrogens with two attached hydrogens (primary N) is 3. The molecule has 0 spiro atoms. The molecule has 0 fully saturated rings. The molecule has 0 rings (SSSR count). The molecule has 0 saturated heterocycles. The van der Waals surface area contributed by atoms with Crippen molar-refractivity contribution in [2.75, 3.05) is 6.54 Å². The Morgan fingerprint density at radius 3 is 2.50 bits per heavy atom. The van der Waals surface area contributed by atoms with Gasteiger partial charge < -0.3 is 17.2 Å². The van der Waals surface area contributed by atoms with Crippen molar-refractivity contribution in [3.63, 3.8) is 0 Å². The molecular weight excluding hydrogens is 210 g/mol. The van der Waals surface area contributed by atoms with E-state index in [2.05, 4.69) is 4.99 Å². The fraction of sp³-hybridized carbons (Fsp3) is 0.667. The number of amides is 1. The van der Waals surface area contributed by atoms with Gasteiger partial charge in [-0.15, -0.1) is 12.4 Å². The minimum atomic E-state index is -0.723. The quantitative estimate of drug-likeness (QED) is 0.125. The van der Waals surface area contributed by atoms with Crippen molar-refractivity contribution < 1.29 is 10.0 Å². The van der Waals surface area contributed by atoms with Crippen molar-refractivity contribution in [2.45, 2.75) is 18.9 Å². The van der Waals surface area contributed by atoms with Crippen LogP contribution in [0, 0.1) is 0 Å². The smallest absolute Gasteiger partial charge is 0.260 e. The highest BCUT2D eigenvalue weighted by Gasteiger charge is 2.10. The molecule has 0 aliphatic carbocycles. The lowest BCUT2D eigenvalue weighted by Crippen LogP contribution is -2.39. The summed E-state index contributed by atoms with van der Waals surface area (Å²) in [6, 6.07) is -0.723. The van der Waals surface area contributed by atoms with Crippen LogP contribution < -0.4 is 22.7 Å². The molecule has 8 heteroatoms. The Balaban J connectivity index is 0. The molecule has 14 heavy (non-hydrogen) atoms. The fourth-order valence-electron chi connectivity index (χ4n) is 0.733. The van der Waals surface area contributed by atoms with Crippen LogP contribution in [0.2, 0.25) is 0 Å². The predicted molar refractivity (Wildman–Crippen MR) is 55.1 cm³/mol. The average Bonchev–Trinajstić information content (AvgIpc) is 2.10. The molecule has 0 aliphatic heterocycles. The number of rotatable bonds is 5. The summed E-state index contributed by atoms with van der Waals surface area (Å²) in [7, 11) is 0. The Kier molecular flexibility index (Phi) is 9.41. The lowest BCUT2D eigenvalue weighted by Gasteiger charge is -2.07. The van der Waals surface area contributed by atoms with E-state index >= 15 is 0 Å². The van der Waals surface area contributed by atoms with Crippen LogP contribution in [-0.2, 0) is 4.79 Å². The third-order valence-corrected chi connectivity index (χ3v) is 1.41. The Bertz CT molecular complexity index is 195. The third kappa shape index (κ3) is 7.59. The topological polar surface area (TPSA) is 140 Å². The minimum absolute atomic E-state index is 0. The lowest BCUT2D eigenvalue weighted by molar-refractivity contribution is -0.130. The number of nitrogens with zero attached hydrogens (tertiary/aromatic N) is 1. The predicted octanol–water partition coefficient (Wildman–Crippen LogP) is -1.71. The van der Waals surface area contributed by atoms with Crippen LogP contribution in [0.4, 0.5) is 0 Å². The zero-order chi connectivity index (χ0) is 10.3. The number of carbonyl (C=O) groups excluding carboxylic acids is 1. The molecule has 0 aromatic rings. The van der Waals surface area contributed by atoms with Crippen molar-refractivity contribution >= 4 is 24.3 Å². The van der Waals surface area contributed by atoms with Crippen LogP contribution in [0.15, 0.2) is 4.99 Å². The summed E-state index contributed by atoms with van der Waals surface area (Å²) < 4.78 is 0. The summed E-state index contributed by atoms with van der Waals surface area (Å²) in [6.07, 6.45) is 1.01. The molecule has 84 valence electrons. The first-order valence-corrected chi connectivity index (χ1v) is 3.83. The Hall–Kier alpha value is -1.05. The van der Waals surface area contributed by atoms with Crippen LogP contribution in [0.3, 0.4) is 0 Å². The first-order valence-electron chi connectivity index (χ1n) is 3.83. The molecule has 0 radical (unpaired) electrons.